The van der Waals surface area contributed by atoms with Gasteiger partial charge in [-0.05, 0) is 31.2 Å². The summed E-state index contributed by atoms with van der Waals surface area (Å²) in [5, 5.41) is 6.35. The highest BCUT2D eigenvalue weighted by Gasteiger charge is 2.50. The second kappa shape index (κ2) is 8.92. The molecule has 2 rings (SSSR count). The van der Waals surface area contributed by atoms with Gasteiger partial charge in [-0.25, -0.2) is 8.42 Å². The molecule has 6 nitrogen and oxygen atoms in total. The van der Waals surface area contributed by atoms with Crippen molar-refractivity contribution in [1.29, 1.82) is 0 Å². The minimum atomic E-state index is -5.24. The molecule has 152 valence electrons. The van der Waals surface area contributed by atoms with E-state index in [-0.39, 0.29) is 19.0 Å². The smallest absolute Gasteiger partial charge is 0.356 e. The van der Waals surface area contributed by atoms with Crippen LogP contribution in [-0.4, -0.2) is 50.9 Å². The molecule has 0 unspecified atom stereocenters. The van der Waals surface area contributed by atoms with Crippen LogP contribution in [0.5, 0.6) is 0 Å². The number of piperidine rings is 1. The first-order valence-corrected chi connectivity index (χ1v) is 10.1. The number of nitrogens with zero attached hydrogens (tertiary/aromatic N) is 2. The second-order valence-corrected chi connectivity index (χ2v) is 8.52. The number of guanidine groups is 1. The van der Waals surface area contributed by atoms with Gasteiger partial charge in [0.1, 0.15) is 0 Å². The van der Waals surface area contributed by atoms with E-state index in [9.17, 15) is 21.6 Å². The molecule has 2 N–H and O–H groups in total. The number of alkyl halides is 3. The van der Waals surface area contributed by atoms with Gasteiger partial charge in [-0.3, -0.25) is 4.99 Å². The minimum Gasteiger partial charge on any atom is -0.356 e. The van der Waals surface area contributed by atoms with Crippen LogP contribution in [0.1, 0.15) is 24.0 Å². The van der Waals surface area contributed by atoms with Crippen LogP contribution < -0.4 is 10.6 Å². The van der Waals surface area contributed by atoms with E-state index >= 15 is 0 Å². The second-order valence-electron chi connectivity index (χ2n) is 6.59. The van der Waals surface area contributed by atoms with E-state index in [1.807, 2.05) is 25.1 Å². The number of nitrogens with one attached hydrogen (secondary N) is 2. The third-order valence-electron chi connectivity index (χ3n) is 4.53. The summed E-state index contributed by atoms with van der Waals surface area (Å²) in [4.78, 5) is 4.14. The molecule has 0 saturated carbocycles. The Bertz CT molecular complexity index is 758. The fourth-order valence-corrected chi connectivity index (χ4v) is 3.95. The largest absolute Gasteiger partial charge is 0.511 e. The molecule has 0 radical (unpaired) electrons. The standard InChI is InChI=1S/C17H25F3N4O2S/c1-13-4-3-5-15(10-13)12-23-16(21-2)22-11-14-6-8-24(9-7-14)27(25,26)17(18,19)20/h3-5,10,14H,6-9,11-12H2,1-2H3,(H2,21,22,23). The van der Waals surface area contributed by atoms with Crippen LogP contribution in [0.3, 0.4) is 0 Å². The minimum absolute atomic E-state index is 0.0854. The quantitative estimate of drug-likeness (QED) is 0.581. The Labute approximate surface area is 157 Å². The Kier molecular flexibility index (Phi) is 7.10. The van der Waals surface area contributed by atoms with E-state index in [0.29, 0.717) is 36.2 Å². The van der Waals surface area contributed by atoms with Crippen molar-refractivity contribution in [2.24, 2.45) is 10.9 Å². The van der Waals surface area contributed by atoms with Crippen molar-refractivity contribution < 1.29 is 21.6 Å². The number of hydrogen-bond acceptors (Lipinski definition) is 3. The van der Waals surface area contributed by atoms with E-state index in [1.54, 1.807) is 7.05 Å². The molecular weight excluding hydrogens is 381 g/mol. The fraction of sp³-hybridized carbons (Fsp3) is 0.588. The zero-order valence-electron chi connectivity index (χ0n) is 15.4. The van der Waals surface area contributed by atoms with Crippen molar-refractivity contribution >= 4 is 16.0 Å². The zero-order valence-corrected chi connectivity index (χ0v) is 16.2. The highest BCUT2D eigenvalue weighted by atomic mass is 32.2. The molecule has 0 amide bonds. The van der Waals surface area contributed by atoms with Gasteiger partial charge in [0, 0.05) is 33.2 Å². The molecule has 0 aromatic heterocycles. The average Bonchev–Trinajstić information content (AvgIpc) is 2.61. The van der Waals surface area contributed by atoms with Gasteiger partial charge in [-0.2, -0.15) is 17.5 Å². The lowest BCUT2D eigenvalue weighted by molar-refractivity contribution is -0.0496. The van der Waals surface area contributed by atoms with Gasteiger partial charge >= 0.3 is 15.5 Å². The zero-order chi connectivity index (χ0) is 20.1. The summed E-state index contributed by atoms with van der Waals surface area (Å²) in [7, 11) is -3.58. The van der Waals surface area contributed by atoms with Crippen LogP contribution in [0.4, 0.5) is 13.2 Å². The first-order valence-electron chi connectivity index (χ1n) is 8.70. The molecule has 27 heavy (non-hydrogen) atoms. The van der Waals surface area contributed by atoms with Gasteiger partial charge in [0.2, 0.25) is 0 Å². The molecule has 0 aliphatic carbocycles. The maximum atomic E-state index is 12.6. The first kappa shape index (κ1) is 21.5. The highest BCUT2D eigenvalue weighted by molar-refractivity contribution is 7.90. The van der Waals surface area contributed by atoms with Gasteiger partial charge in [-0.15, -0.1) is 0 Å². The van der Waals surface area contributed by atoms with E-state index in [1.165, 1.54) is 0 Å². The Balaban J connectivity index is 1.78. The van der Waals surface area contributed by atoms with E-state index < -0.39 is 15.5 Å². The maximum Gasteiger partial charge on any atom is 0.511 e. The lowest BCUT2D eigenvalue weighted by Crippen LogP contribution is -2.47. The van der Waals surface area contributed by atoms with Crippen LogP contribution in [0, 0.1) is 12.8 Å². The third-order valence-corrected chi connectivity index (χ3v) is 6.16. The van der Waals surface area contributed by atoms with Crippen molar-refractivity contribution in [3.8, 4) is 0 Å². The summed E-state index contributed by atoms with van der Waals surface area (Å²) >= 11 is 0. The Hall–Kier alpha value is -1.81. The number of sulfonamides is 1. The molecule has 1 saturated heterocycles. The highest BCUT2D eigenvalue weighted by Crippen LogP contribution is 2.30. The third kappa shape index (κ3) is 5.83. The molecule has 10 heteroatoms. The number of halogens is 3. The first-order chi connectivity index (χ1) is 12.6. The molecule has 1 fully saturated rings. The summed E-state index contributed by atoms with van der Waals surface area (Å²) in [6.07, 6.45) is 0.744. The SMILES string of the molecule is CN=C(NCc1cccc(C)c1)NCC1CCN(S(=O)(=O)C(F)(F)F)CC1. The Morgan fingerprint density at radius 1 is 1.26 bits per heavy atom. The lowest BCUT2D eigenvalue weighted by Gasteiger charge is -2.31. The monoisotopic (exact) mass is 406 g/mol. The van der Waals surface area contributed by atoms with Crippen molar-refractivity contribution in [2.75, 3.05) is 26.7 Å². The van der Waals surface area contributed by atoms with Crippen LogP contribution in [0.15, 0.2) is 29.3 Å². The van der Waals surface area contributed by atoms with Gasteiger partial charge in [0.15, 0.2) is 5.96 Å². The van der Waals surface area contributed by atoms with E-state index in [4.69, 9.17) is 0 Å². The molecule has 0 bridgehead atoms. The molecule has 1 heterocycles. The molecule has 0 atom stereocenters. The molecular formula is C17H25F3N4O2S. The number of aliphatic imine (C=N–C) groups is 1. The predicted octanol–water partition coefficient (Wildman–Crippen LogP) is 2.22. The Morgan fingerprint density at radius 3 is 2.48 bits per heavy atom. The number of hydrogen-bond donors (Lipinski definition) is 2. The van der Waals surface area contributed by atoms with Crippen LogP contribution >= 0.6 is 0 Å². The van der Waals surface area contributed by atoms with Crippen LogP contribution in [0.2, 0.25) is 0 Å². The number of aryl methyl sites for hydroxylation is 1. The topological polar surface area (TPSA) is 73.8 Å². The van der Waals surface area contributed by atoms with Crippen molar-refractivity contribution in [3.63, 3.8) is 0 Å². The molecule has 1 aliphatic rings. The fourth-order valence-electron chi connectivity index (χ4n) is 2.97. The normalized spacial score (nSPS) is 17.7. The summed E-state index contributed by atoms with van der Waals surface area (Å²) in [6, 6.07) is 8.06. The Morgan fingerprint density at radius 2 is 1.93 bits per heavy atom. The summed E-state index contributed by atoms with van der Waals surface area (Å²) in [5.41, 5.74) is -2.96. The molecule has 0 spiro atoms. The van der Waals surface area contributed by atoms with E-state index in [2.05, 4.69) is 21.7 Å². The van der Waals surface area contributed by atoms with Crippen LogP contribution in [-0.2, 0) is 16.6 Å². The van der Waals surface area contributed by atoms with Crippen molar-refractivity contribution in [1.82, 2.24) is 14.9 Å². The summed E-state index contributed by atoms with van der Waals surface area (Å²) in [6.45, 7) is 2.89. The predicted molar refractivity (Wildman–Crippen MR) is 98.7 cm³/mol. The van der Waals surface area contributed by atoms with Gasteiger partial charge < -0.3 is 10.6 Å². The molecule has 1 aromatic carbocycles. The summed E-state index contributed by atoms with van der Waals surface area (Å²) < 4.78 is 61.2. The van der Waals surface area contributed by atoms with E-state index in [0.717, 1.165) is 11.1 Å². The average molecular weight is 406 g/mol. The van der Waals surface area contributed by atoms with Gasteiger partial charge in [0.05, 0.1) is 0 Å². The number of benzene rings is 1. The van der Waals surface area contributed by atoms with Crippen molar-refractivity contribution in [2.45, 2.75) is 31.8 Å². The maximum absolute atomic E-state index is 12.6. The van der Waals surface area contributed by atoms with Gasteiger partial charge in [-0.1, -0.05) is 29.8 Å². The lowest BCUT2D eigenvalue weighted by atomic mass is 9.98. The molecule has 1 aromatic rings. The van der Waals surface area contributed by atoms with Gasteiger partial charge in [0.25, 0.3) is 0 Å². The number of rotatable bonds is 5. The summed E-state index contributed by atoms with van der Waals surface area (Å²) in [5.74, 6) is 0.684. The van der Waals surface area contributed by atoms with Crippen LogP contribution in [0.25, 0.3) is 0 Å². The van der Waals surface area contributed by atoms with Crippen molar-refractivity contribution in [3.05, 3.63) is 35.4 Å². The molecule has 1 aliphatic heterocycles.